The lowest BCUT2D eigenvalue weighted by molar-refractivity contribution is -0.110. The Kier molecular flexibility index (Phi) is 7.10. The molecule has 0 saturated carbocycles. The lowest BCUT2D eigenvalue weighted by atomic mass is 9.78. The van der Waals surface area contributed by atoms with Gasteiger partial charge in [0.05, 0.1) is 12.7 Å². The molecule has 35 heavy (non-hydrogen) atoms. The SMILES string of the molecule is CCN1C[C@@H](C(O)COC(c2ccccc2)(c2ccccc2)c2ccccc2)[C@@H]1c1ccccc1. The molecule has 0 amide bonds. The monoisotopic (exact) mass is 463 g/mol. The Labute approximate surface area is 208 Å². The fraction of sp³-hybridized carbons (Fsp3) is 0.250. The van der Waals surface area contributed by atoms with E-state index in [1.807, 2.05) is 60.7 Å². The maximum absolute atomic E-state index is 11.5. The lowest BCUT2D eigenvalue weighted by Crippen LogP contribution is -2.55. The van der Waals surface area contributed by atoms with Gasteiger partial charge in [-0.25, -0.2) is 0 Å². The summed E-state index contributed by atoms with van der Waals surface area (Å²) in [6, 6.07) is 41.8. The molecular weight excluding hydrogens is 430 g/mol. The highest BCUT2D eigenvalue weighted by Gasteiger charge is 2.45. The molecule has 1 heterocycles. The highest BCUT2D eigenvalue weighted by atomic mass is 16.5. The first-order valence-corrected chi connectivity index (χ1v) is 12.5. The molecule has 1 unspecified atom stereocenters. The third-order valence-electron chi connectivity index (χ3n) is 7.30. The molecule has 1 aliphatic rings. The summed E-state index contributed by atoms with van der Waals surface area (Å²) >= 11 is 0. The number of rotatable bonds is 9. The molecule has 0 bridgehead atoms. The average molecular weight is 464 g/mol. The predicted octanol–water partition coefficient (Wildman–Crippen LogP) is 6.05. The van der Waals surface area contributed by atoms with Gasteiger partial charge in [-0.05, 0) is 28.8 Å². The van der Waals surface area contributed by atoms with Gasteiger partial charge in [0.25, 0.3) is 0 Å². The summed E-state index contributed by atoms with van der Waals surface area (Å²) in [5, 5.41) is 11.5. The van der Waals surface area contributed by atoms with Gasteiger partial charge in [-0.1, -0.05) is 128 Å². The third kappa shape index (κ3) is 4.55. The normalized spacial score (nSPS) is 19.1. The zero-order chi connectivity index (χ0) is 24.1. The minimum atomic E-state index is -0.818. The van der Waals surface area contributed by atoms with Crippen molar-refractivity contribution in [3.8, 4) is 0 Å². The second-order valence-corrected chi connectivity index (χ2v) is 9.26. The first-order chi connectivity index (χ1) is 17.2. The van der Waals surface area contributed by atoms with Crippen molar-refractivity contribution in [1.82, 2.24) is 4.90 Å². The van der Waals surface area contributed by atoms with Crippen LogP contribution in [0.3, 0.4) is 0 Å². The van der Waals surface area contributed by atoms with Crippen molar-refractivity contribution in [3.63, 3.8) is 0 Å². The van der Waals surface area contributed by atoms with E-state index in [1.165, 1.54) is 5.56 Å². The molecule has 3 heteroatoms. The van der Waals surface area contributed by atoms with E-state index in [2.05, 4.69) is 72.5 Å². The van der Waals surface area contributed by atoms with Gasteiger partial charge < -0.3 is 9.84 Å². The predicted molar refractivity (Wildman–Crippen MR) is 141 cm³/mol. The molecule has 0 aromatic heterocycles. The van der Waals surface area contributed by atoms with E-state index in [0.717, 1.165) is 29.8 Å². The molecule has 3 nitrogen and oxygen atoms in total. The van der Waals surface area contributed by atoms with Gasteiger partial charge in [0.1, 0.15) is 5.60 Å². The molecule has 178 valence electrons. The molecule has 0 radical (unpaired) electrons. The van der Waals surface area contributed by atoms with Crippen LogP contribution in [0.1, 0.15) is 35.2 Å². The average Bonchev–Trinajstić information content (AvgIpc) is 2.91. The maximum Gasteiger partial charge on any atom is 0.143 e. The number of aliphatic hydroxyl groups excluding tert-OH is 1. The van der Waals surface area contributed by atoms with E-state index in [4.69, 9.17) is 4.74 Å². The summed E-state index contributed by atoms with van der Waals surface area (Å²) < 4.78 is 6.89. The van der Waals surface area contributed by atoms with Gasteiger partial charge in [0.2, 0.25) is 0 Å². The van der Waals surface area contributed by atoms with Gasteiger partial charge in [-0.15, -0.1) is 0 Å². The molecule has 1 fully saturated rings. The zero-order valence-electron chi connectivity index (χ0n) is 20.2. The highest BCUT2D eigenvalue weighted by molar-refractivity contribution is 5.47. The summed E-state index contributed by atoms with van der Waals surface area (Å²) in [7, 11) is 0. The van der Waals surface area contributed by atoms with Crippen LogP contribution in [0.15, 0.2) is 121 Å². The summed E-state index contributed by atoms with van der Waals surface area (Å²) in [6.07, 6.45) is -0.585. The summed E-state index contributed by atoms with van der Waals surface area (Å²) in [6.45, 7) is 4.26. The molecule has 1 N–H and O–H groups in total. The number of likely N-dealkylation sites (tertiary alicyclic amines) is 1. The van der Waals surface area contributed by atoms with Gasteiger partial charge in [-0.3, -0.25) is 4.90 Å². The smallest absolute Gasteiger partial charge is 0.143 e. The van der Waals surface area contributed by atoms with E-state index in [9.17, 15) is 5.11 Å². The topological polar surface area (TPSA) is 32.7 Å². The molecule has 0 aliphatic carbocycles. The lowest BCUT2D eigenvalue weighted by Gasteiger charge is -2.50. The van der Waals surface area contributed by atoms with Crippen LogP contribution < -0.4 is 0 Å². The first kappa shape index (κ1) is 23.5. The largest absolute Gasteiger partial charge is 0.390 e. The van der Waals surface area contributed by atoms with Gasteiger partial charge in [0.15, 0.2) is 0 Å². The van der Waals surface area contributed by atoms with Crippen LogP contribution in [-0.2, 0) is 10.3 Å². The molecule has 4 aromatic carbocycles. The van der Waals surface area contributed by atoms with E-state index >= 15 is 0 Å². The molecule has 0 spiro atoms. The molecule has 1 aliphatic heterocycles. The number of hydrogen-bond acceptors (Lipinski definition) is 3. The molecule has 5 rings (SSSR count). The Morgan fingerprint density at radius 3 is 1.60 bits per heavy atom. The molecule has 4 aromatic rings. The van der Waals surface area contributed by atoms with Crippen LogP contribution in [0.25, 0.3) is 0 Å². The third-order valence-corrected chi connectivity index (χ3v) is 7.30. The fourth-order valence-electron chi connectivity index (χ4n) is 5.49. The standard InChI is InChI=1S/C32H33NO2/c1-2-33-23-29(31(33)25-15-7-3-8-16-25)30(34)24-35-32(26-17-9-4-10-18-26,27-19-11-5-12-20-27)28-21-13-6-14-22-28/h3-22,29-31,34H,2,23-24H2,1H3/t29-,30?,31-/m0/s1. The number of ether oxygens (including phenoxy) is 1. The Balaban J connectivity index is 1.49. The zero-order valence-corrected chi connectivity index (χ0v) is 20.2. The molecule has 3 atom stereocenters. The van der Waals surface area contributed by atoms with Crippen LogP contribution in [0.5, 0.6) is 0 Å². The van der Waals surface area contributed by atoms with Crippen molar-refractivity contribution in [2.75, 3.05) is 19.7 Å². The number of nitrogens with zero attached hydrogens (tertiary/aromatic N) is 1. The van der Waals surface area contributed by atoms with E-state index in [1.54, 1.807) is 0 Å². The first-order valence-electron chi connectivity index (χ1n) is 12.5. The Morgan fingerprint density at radius 2 is 1.17 bits per heavy atom. The van der Waals surface area contributed by atoms with Crippen LogP contribution in [0.4, 0.5) is 0 Å². The number of aliphatic hydroxyl groups is 1. The summed E-state index contributed by atoms with van der Waals surface area (Å²) in [5.74, 6) is 0.123. The minimum absolute atomic E-state index is 0.123. The van der Waals surface area contributed by atoms with Crippen molar-refractivity contribution >= 4 is 0 Å². The maximum atomic E-state index is 11.5. The molecular formula is C32H33NO2. The summed E-state index contributed by atoms with van der Waals surface area (Å²) in [5.41, 5.74) is 3.58. The van der Waals surface area contributed by atoms with Crippen molar-refractivity contribution in [3.05, 3.63) is 144 Å². The van der Waals surface area contributed by atoms with Crippen molar-refractivity contribution in [2.24, 2.45) is 5.92 Å². The fourth-order valence-corrected chi connectivity index (χ4v) is 5.49. The van der Waals surface area contributed by atoms with E-state index in [-0.39, 0.29) is 18.6 Å². The van der Waals surface area contributed by atoms with Crippen LogP contribution in [0.2, 0.25) is 0 Å². The highest BCUT2D eigenvalue weighted by Crippen LogP contribution is 2.43. The van der Waals surface area contributed by atoms with Gasteiger partial charge in [0, 0.05) is 18.5 Å². The number of hydrogen-bond donors (Lipinski definition) is 1. The van der Waals surface area contributed by atoms with E-state index < -0.39 is 11.7 Å². The second kappa shape index (κ2) is 10.6. The van der Waals surface area contributed by atoms with Gasteiger partial charge in [-0.2, -0.15) is 0 Å². The second-order valence-electron chi connectivity index (χ2n) is 9.26. The van der Waals surface area contributed by atoms with Crippen LogP contribution in [0, 0.1) is 5.92 Å². The van der Waals surface area contributed by atoms with Crippen LogP contribution >= 0.6 is 0 Å². The minimum Gasteiger partial charge on any atom is -0.390 e. The summed E-state index contributed by atoms with van der Waals surface area (Å²) in [4.78, 5) is 2.42. The van der Waals surface area contributed by atoms with E-state index in [0.29, 0.717) is 0 Å². The quantitative estimate of drug-likeness (QED) is 0.307. The van der Waals surface area contributed by atoms with Gasteiger partial charge >= 0.3 is 0 Å². The molecule has 1 saturated heterocycles. The Morgan fingerprint density at radius 1 is 0.743 bits per heavy atom. The van der Waals surface area contributed by atoms with Crippen LogP contribution in [-0.4, -0.2) is 35.8 Å². The Bertz CT molecular complexity index is 1080. The number of benzene rings is 4. The van der Waals surface area contributed by atoms with Crippen molar-refractivity contribution < 1.29 is 9.84 Å². The van der Waals surface area contributed by atoms with Crippen molar-refractivity contribution in [1.29, 1.82) is 0 Å². The van der Waals surface area contributed by atoms with Crippen molar-refractivity contribution in [2.45, 2.75) is 24.7 Å². The Hall–Kier alpha value is -3.24.